The smallest absolute Gasteiger partial charge is 0.303 e. The highest BCUT2D eigenvalue weighted by Crippen LogP contribution is 2.27. The lowest BCUT2D eigenvalue weighted by atomic mass is 10.0. The van der Waals surface area contributed by atoms with Crippen LogP contribution in [0.25, 0.3) is 0 Å². The second kappa shape index (κ2) is 8.49. The lowest BCUT2D eigenvalue weighted by Gasteiger charge is -2.39. The monoisotopic (exact) mass is 388 g/mol. The summed E-state index contributed by atoms with van der Waals surface area (Å²) in [5.41, 5.74) is 4.98. The minimum Gasteiger partial charge on any atom is -0.456 e. The molecule has 4 atom stereocenters. The van der Waals surface area contributed by atoms with Crippen molar-refractivity contribution in [3.05, 3.63) is 12.0 Å². The number of aromatic nitrogens is 2. The summed E-state index contributed by atoms with van der Waals surface area (Å²) < 4.78 is 47.4. The van der Waals surface area contributed by atoms with Crippen LogP contribution < -0.4 is 10.5 Å². The highest BCUT2D eigenvalue weighted by atomic mass is 16.7. The fourth-order valence-electron chi connectivity index (χ4n) is 2.34. The number of primary amides is 1. The van der Waals surface area contributed by atoms with E-state index in [1.165, 1.54) is 0 Å². The van der Waals surface area contributed by atoms with Gasteiger partial charge in [0.05, 0.1) is 12.9 Å². The molecule has 0 spiro atoms. The number of hydrogen-bond acceptors (Lipinski definition) is 10. The number of aromatic amines is 1. The Morgan fingerprint density at radius 1 is 1.15 bits per heavy atom. The molecule has 2 heterocycles. The SMILES string of the molecule is [2H]CC(=O)O[C@H]1[C@H](OC(=O)C[2H])C(Oc2nc[nH]c2C(N)=O)OC[C@H]1OC(=O)C[2H]. The average molecular weight is 388 g/mol. The fraction of sp³-hybridized carbons (Fsp3) is 0.533. The molecule has 1 aromatic rings. The van der Waals surface area contributed by atoms with Crippen LogP contribution in [0.1, 0.15) is 35.3 Å². The maximum atomic E-state index is 11.8. The molecule has 1 fully saturated rings. The highest BCUT2D eigenvalue weighted by Gasteiger charge is 2.48. The van der Waals surface area contributed by atoms with Crippen LogP contribution in [0, 0.1) is 0 Å². The van der Waals surface area contributed by atoms with Crippen molar-refractivity contribution in [2.24, 2.45) is 5.73 Å². The van der Waals surface area contributed by atoms with Gasteiger partial charge in [-0.15, -0.1) is 0 Å². The molecule has 1 aliphatic rings. The molecule has 0 bridgehead atoms. The van der Waals surface area contributed by atoms with Crippen molar-refractivity contribution in [2.45, 2.75) is 45.3 Å². The molecule has 1 amide bonds. The average Bonchev–Trinajstić information content (AvgIpc) is 3.19. The molecule has 0 aromatic carbocycles. The normalized spacial score (nSPS) is 26.0. The van der Waals surface area contributed by atoms with Gasteiger partial charge in [-0.1, -0.05) is 0 Å². The predicted molar refractivity (Wildman–Crippen MR) is 84.1 cm³/mol. The molecule has 1 aromatic heterocycles. The van der Waals surface area contributed by atoms with Crippen LogP contribution in [0.5, 0.6) is 5.88 Å². The van der Waals surface area contributed by atoms with Crippen molar-refractivity contribution < 1.29 is 47.0 Å². The third kappa shape index (κ3) is 5.17. The summed E-state index contributed by atoms with van der Waals surface area (Å²) in [6.45, 7) is -2.72. The Morgan fingerprint density at radius 3 is 2.41 bits per heavy atom. The van der Waals surface area contributed by atoms with E-state index in [2.05, 4.69) is 9.97 Å². The Bertz CT molecular complexity index is 790. The molecule has 12 heteroatoms. The van der Waals surface area contributed by atoms with Gasteiger partial charge in [-0.2, -0.15) is 0 Å². The summed E-state index contributed by atoms with van der Waals surface area (Å²) >= 11 is 0. The highest BCUT2D eigenvalue weighted by molar-refractivity contribution is 5.93. The van der Waals surface area contributed by atoms with E-state index in [4.69, 9.17) is 33.5 Å². The Labute approximate surface area is 157 Å². The number of imidazole rings is 1. The quantitative estimate of drug-likeness (QED) is 0.457. The number of esters is 3. The number of amides is 1. The van der Waals surface area contributed by atoms with Gasteiger partial charge in [-0.3, -0.25) is 19.2 Å². The molecule has 0 saturated carbocycles. The Morgan fingerprint density at radius 2 is 1.78 bits per heavy atom. The number of hydrogen-bond donors (Lipinski definition) is 2. The van der Waals surface area contributed by atoms with Gasteiger partial charge < -0.3 is 34.4 Å². The number of nitrogens with one attached hydrogen (secondary N) is 1. The molecule has 3 N–H and O–H groups in total. The van der Waals surface area contributed by atoms with Gasteiger partial charge in [-0.05, 0) is 0 Å². The van der Waals surface area contributed by atoms with Crippen molar-refractivity contribution in [3.63, 3.8) is 0 Å². The molecule has 0 aliphatic carbocycles. The van der Waals surface area contributed by atoms with Crippen LogP contribution in [0.2, 0.25) is 0 Å². The summed E-state index contributed by atoms with van der Waals surface area (Å²) in [5, 5.41) is 0. The molecule has 148 valence electrons. The maximum absolute atomic E-state index is 11.8. The lowest BCUT2D eigenvalue weighted by molar-refractivity contribution is -0.260. The van der Waals surface area contributed by atoms with E-state index in [0.29, 0.717) is 0 Å². The van der Waals surface area contributed by atoms with E-state index in [0.717, 1.165) is 6.33 Å². The first-order valence-electron chi connectivity index (χ1n) is 9.50. The van der Waals surface area contributed by atoms with Gasteiger partial charge in [0.2, 0.25) is 18.3 Å². The van der Waals surface area contributed by atoms with E-state index in [1.807, 2.05) is 0 Å². The maximum Gasteiger partial charge on any atom is 0.303 e. The number of rotatable bonds is 6. The van der Waals surface area contributed by atoms with Crippen LogP contribution in [-0.4, -0.2) is 65.0 Å². The Kier molecular flexibility index (Phi) is 5.05. The first-order chi connectivity index (χ1) is 14.3. The zero-order valence-corrected chi connectivity index (χ0v) is 13.9. The predicted octanol–water partition coefficient (Wildman–Crippen LogP) is -0.961. The Balaban J connectivity index is 2.34. The van der Waals surface area contributed by atoms with Gasteiger partial charge in [0, 0.05) is 24.8 Å². The van der Waals surface area contributed by atoms with Crippen LogP contribution in [0.15, 0.2) is 6.33 Å². The minimum absolute atomic E-state index is 0.216. The van der Waals surface area contributed by atoms with Crippen LogP contribution >= 0.6 is 0 Å². The van der Waals surface area contributed by atoms with E-state index in [-0.39, 0.29) is 11.6 Å². The standard InChI is InChI=1S/C15H19N3O9/c1-6(19)24-9-4-23-15(27-14-10(13(16)22)17-5-18-14)12(26-8(3)21)11(9)25-7(2)20/h5,9,11-12,15H,4H2,1-3H3,(H2,16,22)(H,17,18)/t9-,11-,12+,15?/m1/s1/i1D,2D,3D. The topological polar surface area (TPSA) is 169 Å². The van der Waals surface area contributed by atoms with E-state index in [1.54, 1.807) is 0 Å². The molecule has 1 aliphatic heterocycles. The molecular weight excluding hydrogens is 366 g/mol. The van der Waals surface area contributed by atoms with E-state index >= 15 is 0 Å². The number of nitrogens with two attached hydrogens (primary N) is 1. The number of carbonyl (C=O) groups excluding carboxylic acids is 4. The fourth-order valence-corrected chi connectivity index (χ4v) is 2.34. The molecule has 0 radical (unpaired) electrons. The summed E-state index contributed by atoms with van der Waals surface area (Å²) in [5.74, 6) is -4.25. The van der Waals surface area contributed by atoms with Crippen molar-refractivity contribution in [1.82, 2.24) is 9.97 Å². The zero-order valence-electron chi connectivity index (χ0n) is 16.9. The van der Waals surface area contributed by atoms with Crippen LogP contribution in [0.4, 0.5) is 0 Å². The molecule has 1 unspecified atom stereocenters. The summed E-state index contributed by atoms with van der Waals surface area (Å²) in [4.78, 5) is 52.7. The first kappa shape index (κ1) is 16.1. The molecule has 12 nitrogen and oxygen atoms in total. The molecular formula is C15H19N3O9. The number of H-pyrrole nitrogens is 1. The van der Waals surface area contributed by atoms with E-state index in [9.17, 15) is 19.2 Å². The number of ether oxygens (including phenoxy) is 5. The second-order valence-corrected chi connectivity index (χ2v) is 5.20. The second-order valence-electron chi connectivity index (χ2n) is 5.20. The Hall–Kier alpha value is -3.15. The van der Waals surface area contributed by atoms with Crippen molar-refractivity contribution >= 4 is 23.8 Å². The van der Waals surface area contributed by atoms with Gasteiger partial charge in [0.15, 0.2) is 17.9 Å². The largest absolute Gasteiger partial charge is 0.456 e. The number of nitrogens with zero attached hydrogens (tertiary/aromatic N) is 1. The van der Waals surface area contributed by atoms with Gasteiger partial charge in [0.1, 0.15) is 0 Å². The molecule has 27 heavy (non-hydrogen) atoms. The third-order valence-electron chi connectivity index (χ3n) is 3.28. The minimum atomic E-state index is -1.56. The molecule has 2 rings (SSSR count). The van der Waals surface area contributed by atoms with Crippen molar-refractivity contribution in [3.8, 4) is 5.88 Å². The summed E-state index contributed by atoms with van der Waals surface area (Å²) in [6.07, 6.45) is -4.73. The van der Waals surface area contributed by atoms with E-state index < -0.39 is 75.7 Å². The van der Waals surface area contributed by atoms with Gasteiger partial charge in [-0.25, -0.2) is 4.98 Å². The summed E-state index contributed by atoms with van der Waals surface area (Å²) in [7, 11) is 0. The summed E-state index contributed by atoms with van der Waals surface area (Å²) in [6, 6.07) is 0. The third-order valence-corrected chi connectivity index (χ3v) is 3.28. The van der Waals surface area contributed by atoms with Crippen molar-refractivity contribution in [2.75, 3.05) is 6.61 Å². The van der Waals surface area contributed by atoms with Crippen molar-refractivity contribution in [1.29, 1.82) is 0 Å². The van der Waals surface area contributed by atoms with Gasteiger partial charge in [0.25, 0.3) is 5.91 Å². The zero-order chi connectivity index (χ0) is 22.3. The first-order valence-corrected chi connectivity index (χ1v) is 7.38. The van der Waals surface area contributed by atoms with Gasteiger partial charge >= 0.3 is 17.9 Å². The van der Waals surface area contributed by atoms with Crippen LogP contribution in [-0.2, 0) is 33.3 Å². The molecule has 1 saturated heterocycles. The lowest BCUT2D eigenvalue weighted by Crippen LogP contribution is -2.59. The van der Waals surface area contributed by atoms with Crippen LogP contribution in [0.3, 0.4) is 0 Å². The number of carbonyl (C=O) groups is 4.